The van der Waals surface area contributed by atoms with Gasteiger partial charge in [-0.05, 0) is 15.9 Å². The fraction of sp³-hybridized carbons (Fsp3) is 0. The zero-order chi connectivity index (χ0) is 4.41. The molecule has 0 aromatic carbocycles. The van der Waals surface area contributed by atoms with Gasteiger partial charge in [-0.1, -0.05) is 0 Å². The van der Waals surface area contributed by atoms with Crippen molar-refractivity contribution in [1.82, 2.24) is 10.2 Å². The van der Waals surface area contributed by atoms with Crippen LogP contribution in [-0.4, -0.2) is 10.2 Å². The van der Waals surface area contributed by atoms with Gasteiger partial charge in [0.05, 0.1) is 4.47 Å². The standard InChI is InChI=1S/C3H2BrN2/c4-3-1-5-6-2-3/h1H,(H,5,6). The zero-order valence-corrected chi connectivity index (χ0v) is 4.49. The molecule has 1 N–H and O–H groups in total. The molecule has 31 valence electrons. The number of hydrogen-bond donors (Lipinski definition) is 1. The lowest BCUT2D eigenvalue weighted by molar-refractivity contribution is 1.08. The predicted octanol–water partition coefficient (Wildman–Crippen LogP) is 0.972. The van der Waals surface area contributed by atoms with Crippen molar-refractivity contribution in [3.63, 3.8) is 0 Å². The van der Waals surface area contributed by atoms with Crippen LogP contribution in [0.4, 0.5) is 0 Å². The maximum atomic E-state index is 3.52. The Bertz CT molecular complexity index is 112. The minimum Gasteiger partial charge on any atom is -0.284 e. The van der Waals surface area contributed by atoms with Crippen LogP contribution in [0.1, 0.15) is 0 Å². The molecule has 1 aromatic rings. The van der Waals surface area contributed by atoms with Crippen LogP contribution in [0.2, 0.25) is 0 Å². The fourth-order valence-corrected chi connectivity index (χ4v) is 0.398. The first-order chi connectivity index (χ1) is 2.89. The molecule has 2 nitrogen and oxygen atoms in total. The summed E-state index contributed by atoms with van der Waals surface area (Å²) in [5.74, 6) is 0. The summed E-state index contributed by atoms with van der Waals surface area (Å²) in [7, 11) is 0. The van der Waals surface area contributed by atoms with Gasteiger partial charge in [0.25, 0.3) is 0 Å². The normalized spacial score (nSPS) is 8.83. The third-order valence-corrected chi connectivity index (χ3v) is 0.825. The Morgan fingerprint density at radius 3 is 3.00 bits per heavy atom. The van der Waals surface area contributed by atoms with Crippen LogP contribution < -0.4 is 0 Å². The average Bonchev–Trinajstić information content (AvgIpc) is 1.86. The van der Waals surface area contributed by atoms with Crippen LogP contribution in [0.15, 0.2) is 10.7 Å². The van der Waals surface area contributed by atoms with E-state index >= 15 is 0 Å². The molecule has 1 aromatic heterocycles. The van der Waals surface area contributed by atoms with E-state index in [2.05, 4.69) is 32.3 Å². The van der Waals surface area contributed by atoms with Crippen LogP contribution in [0.5, 0.6) is 0 Å². The topological polar surface area (TPSA) is 28.7 Å². The van der Waals surface area contributed by atoms with E-state index in [1.807, 2.05) is 0 Å². The van der Waals surface area contributed by atoms with Gasteiger partial charge in [0.1, 0.15) is 6.20 Å². The highest BCUT2D eigenvalue weighted by Crippen LogP contribution is 2.00. The van der Waals surface area contributed by atoms with Gasteiger partial charge in [-0.15, -0.1) is 0 Å². The molecule has 3 heteroatoms. The largest absolute Gasteiger partial charge is 0.284 e. The van der Waals surface area contributed by atoms with E-state index in [1.54, 1.807) is 6.20 Å². The lowest BCUT2D eigenvalue weighted by Gasteiger charge is -1.58. The highest BCUT2D eigenvalue weighted by molar-refractivity contribution is 9.10. The Hall–Kier alpha value is -0.310. The molecule has 0 atom stereocenters. The van der Waals surface area contributed by atoms with E-state index in [1.165, 1.54) is 0 Å². The summed E-state index contributed by atoms with van der Waals surface area (Å²) in [6.07, 6.45) is 4.32. The number of hydrogen-bond acceptors (Lipinski definition) is 1. The number of aromatic amines is 1. The maximum Gasteiger partial charge on any atom is 0.128 e. The third kappa shape index (κ3) is 0.597. The number of halogens is 1. The Morgan fingerprint density at radius 1 is 2.00 bits per heavy atom. The molecule has 0 amide bonds. The van der Waals surface area contributed by atoms with Crippen LogP contribution >= 0.6 is 15.9 Å². The molecule has 0 fully saturated rings. The summed E-state index contributed by atoms with van der Waals surface area (Å²) in [4.78, 5) is 0. The number of aromatic nitrogens is 2. The van der Waals surface area contributed by atoms with E-state index in [0.717, 1.165) is 4.47 Å². The molecular formula is C3H2BrN2. The Kier molecular flexibility index (Phi) is 0.919. The minimum atomic E-state index is 0.863. The second-order valence-electron chi connectivity index (χ2n) is 0.845. The predicted molar refractivity (Wildman–Crippen MR) is 25.1 cm³/mol. The van der Waals surface area contributed by atoms with Crippen LogP contribution in [0.3, 0.4) is 0 Å². The maximum absolute atomic E-state index is 3.52. The molecule has 6 heavy (non-hydrogen) atoms. The highest BCUT2D eigenvalue weighted by atomic mass is 79.9. The third-order valence-electron chi connectivity index (χ3n) is 0.419. The fourth-order valence-electron chi connectivity index (χ4n) is 0.207. The van der Waals surface area contributed by atoms with Gasteiger partial charge in [0, 0.05) is 6.20 Å². The summed E-state index contributed by atoms with van der Waals surface area (Å²) in [6, 6.07) is 0. The second kappa shape index (κ2) is 1.43. The van der Waals surface area contributed by atoms with Gasteiger partial charge in [-0.3, -0.25) is 5.10 Å². The van der Waals surface area contributed by atoms with E-state index in [4.69, 9.17) is 0 Å². The van der Waals surface area contributed by atoms with E-state index < -0.39 is 0 Å². The minimum absolute atomic E-state index is 0.863. The monoisotopic (exact) mass is 145 g/mol. The van der Waals surface area contributed by atoms with Crippen molar-refractivity contribution < 1.29 is 0 Å². The first-order valence-corrected chi connectivity index (χ1v) is 2.26. The summed E-state index contributed by atoms with van der Waals surface area (Å²) >= 11 is 3.13. The molecule has 0 unspecified atom stereocenters. The van der Waals surface area contributed by atoms with Crippen molar-refractivity contribution >= 4 is 15.9 Å². The second-order valence-corrected chi connectivity index (χ2v) is 1.70. The van der Waals surface area contributed by atoms with Crippen molar-refractivity contribution in [2.75, 3.05) is 0 Å². The van der Waals surface area contributed by atoms with Gasteiger partial charge in [0.15, 0.2) is 0 Å². The number of rotatable bonds is 0. The molecule has 1 heterocycles. The molecule has 0 aliphatic rings. The number of nitrogens with zero attached hydrogens (tertiary/aromatic N) is 1. The Balaban J connectivity index is 3.05. The SMILES string of the molecule is Brc1[c]n[nH]c1. The molecule has 0 saturated carbocycles. The Morgan fingerprint density at radius 2 is 2.83 bits per heavy atom. The van der Waals surface area contributed by atoms with Crippen LogP contribution in [0.25, 0.3) is 0 Å². The lowest BCUT2D eigenvalue weighted by atomic mass is 10.8. The lowest BCUT2D eigenvalue weighted by Crippen LogP contribution is -1.54. The van der Waals surface area contributed by atoms with E-state index in [0.29, 0.717) is 0 Å². The van der Waals surface area contributed by atoms with Gasteiger partial charge < -0.3 is 0 Å². The highest BCUT2D eigenvalue weighted by Gasteiger charge is 1.78. The first kappa shape index (κ1) is 3.87. The molecule has 0 spiro atoms. The molecule has 0 aliphatic carbocycles. The Labute approximate surface area is 43.7 Å². The van der Waals surface area contributed by atoms with Crippen molar-refractivity contribution in [2.24, 2.45) is 0 Å². The summed E-state index contributed by atoms with van der Waals surface area (Å²) in [5, 5.41) is 6.10. The van der Waals surface area contributed by atoms with Crippen molar-refractivity contribution in [3.05, 3.63) is 16.9 Å². The summed E-state index contributed by atoms with van der Waals surface area (Å²) in [6.45, 7) is 0. The molecule has 1 rings (SSSR count). The molecule has 0 saturated heterocycles. The van der Waals surface area contributed by atoms with Gasteiger partial charge >= 0.3 is 0 Å². The first-order valence-electron chi connectivity index (χ1n) is 1.46. The molecule has 0 aliphatic heterocycles. The average molecular weight is 146 g/mol. The molecule has 0 bridgehead atoms. The van der Waals surface area contributed by atoms with Crippen LogP contribution in [0, 0.1) is 6.20 Å². The van der Waals surface area contributed by atoms with E-state index in [-0.39, 0.29) is 0 Å². The smallest absolute Gasteiger partial charge is 0.128 e. The number of H-pyrrole nitrogens is 1. The quantitative estimate of drug-likeness (QED) is 0.580. The van der Waals surface area contributed by atoms with E-state index in [9.17, 15) is 0 Å². The zero-order valence-electron chi connectivity index (χ0n) is 2.90. The van der Waals surface area contributed by atoms with Crippen LogP contribution in [-0.2, 0) is 0 Å². The van der Waals surface area contributed by atoms with Crippen molar-refractivity contribution in [3.8, 4) is 0 Å². The van der Waals surface area contributed by atoms with Gasteiger partial charge in [-0.25, -0.2) is 0 Å². The van der Waals surface area contributed by atoms with Crippen molar-refractivity contribution in [2.45, 2.75) is 0 Å². The molecule has 1 radical (unpaired) electrons. The van der Waals surface area contributed by atoms with Crippen molar-refractivity contribution in [1.29, 1.82) is 0 Å². The van der Waals surface area contributed by atoms with Gasteiger partial charge in [0.2, 0.25) is 0 Å². The summed E-state index contributed by atoms with van der Waals surface area (Å²) in [5.41, 5.74) is 0. The molecular weight excluding hydrogens is 144 g/mol. The summed E-state index contributed by atoms with van der Waals surface area (Å²) < 4.78 is 0.863. The van der Waals surface area contributed by atoms with Gasteiger partial charge in [-0.2, -0.15) is 5.10 Å². The number of nitrogens with one attached hydrogen (secondary N) is 1.